The van der Waals surface area contributed by atoms with Gasteiger partial charge in [0.15, 0.2) is 6.10 Å². The Bertz CT molecular complexity index is 427. The van der Waals surface area contributed by atoms with E-state index in [1.54, 1.807) is 25.1 Å². The van der Waals surface area contributed by atoms with Crippen LogP contribution >= 0.6 is 0 Å². The number of benzene rings is 1. The number of phenols is 1. The number of aromatic hydroxyl groups is 1. The molecule has 1 aliphatic rings. The highest BCUT2D eigenvalue weighted by atomic mass is 16.6. The van der Waals surface area contributed by atoms with Gasteiger partial charge in [-0.05, 0) is 25.5 Å². The summed E-state index contributed by atoms with van der Waals surface area (Å²) in [6.45, 7) is 3.95. The molecule has 17 heavy (non-hydrogen) atoms. The number of esters is 1. The summed E-state index contributed by atoms with van der Waals surface area (Å²) in [5.74, 6) is -0.183. The van der Waals surface area contributed by atoms with E-state index in [2.05, 4.69) is 0 Å². The van der Waals surface area contributed by atoms with Crippen LogP contribution in [-0.4, -0.2) is 23.8 Å². The highest BCUT2D eigenvalue weighted by Gasteiger charge is 2.32. The molecule has 4 heteroatoms. The molecule has 2 atom stereocenters. The smallest absolute Gasteiger partial charge is 0.339 e. The van der Waals surface area contributed by atoms with Crippen molar-refractivity contribution in [1.82, 2.24) is 0 Å². The second kappa shape index (κ2) is 4.75. The first-order valence-electron chi connectivity index (χ1n) is 5.76. The van der Waals surface area contributed by atoms with Gasteiger partial charge >= 0.3 is 5.97 Å². The Labute approximate surface area is 100 Å². The largest absolute Gasteiger partial charge is 0.508 e. The fraction of sp³-hybridized carbons (Fsp3) is 0.462. The fourth-order valence-corrected chi connectivity index (χ4v) is 2.10. The lowest BCUT2D eigenvalue weighted by Gasteiger charge is -2.29. The minimum absolute atomic E-state index is 0.106. The summed E-state index contributed by atoms with van der Waals surface area (Å²) in [5, 5.41) is 9.80. The molecule has 0 radical (unpaired) electrons. The molecule has 0 saturated heterocycles. The lowest BCUT2D eigenvalue weighted by atomic mass is 9.94. The number of fused-ring (bicyclic) bond motifs is 1. The lowest BCUT2D eigenvalue weighted by Crippen LogP contribution is -2.29. The van der Waals surface area contributed by atoms with Crippen molar-refractivity contribution in [3.63, 3.8) is 0 Å². The van der Waals surface area contributed by atoms with Crippen molar-refractivity contribution in [3.05, 3.63) is 29.3 Å². The molecule has 0 aromatic heterocycles. The second-order valence-corrected chi connectivity index (χ2v) is 4.13. The SMILES string of the molecule is CCOC(=O)C1O[C@H](C)Cc2c(O)cccc21. The van der Waals surface area contributed by atoms with E-state index in [-0.39, 0.29) is 11.9 Å². The zero-order valence-corrected chi connectivity index (χ0v) is 9.97. The van der Waals surface area contributed by atoms with E-state index < -0.39 is 12.1 Å². The van der Waals surface area contributed by atoms with Crippen LogP contribution in [0.2, 0.25) is 0 Å². The molecule has 92 valence electrons. The Morgan fingerprint density at radius 1 is 1.59 bits per heavy atom. The van der Waals surface area contributed by atoms with Gasteiger partial charge in [-0.15, -0.1) is 0 Å². The van der Waals surface area contributed by atoms with E-state index in [1.165, 1.54) is 0 Å². The third-order valence-electron chi connectivity index (χ3n) is 2.83. The molecular weight excluding hydrogens is 220 g/mol. The first kappa shape index (κ1) is 11.9. The molecule has 1 N–H and O–H groups in total. The van der Waals surface area contributed by atoms with Gasteiger partial charge in [0.2, 0.25) is 0 Å². The van der Waals surface area contributed by atoms with Crippen LogP contribution in [0, 0.1) is 0 Å². The van der Waals surface area contributed by atoms with Gasteiger partial charge in [-0.2, -0.15) is 0 Å². The van der Waals surface area contributed by atoms with Gasteiger partial charge in [-0.3, -0.25) is 0 Å². The third-order valence-corrected chi connectivity index (χ3v) is 2.83. The van der Waals surface area contributed by atoms with Crippen LogP contribution in [0.5, 0.6) is 5.75 Å². The van der Waals surface area contributed by atoms with Crippen LogP contribution in [0.3, 0.4) is 0 Å². The van der Waals surface area contributed by atoms with Gasteiger partial charge in [0.25, 0.3) is 0 Å². The molecule has 1 aliphatic heterocycles. The monoisotopic (exact) mass is 236 g/mol. The fourth-order valence-electron chi connectivity index (χ4n) is 2.10. The van der Waals surface area contributed by atoms with E-state index >= 15 is 0 Å². The van der Waals surface area contributed by atoms with E-state index in [0.29, 0.717) is 18.6 Å². The number of hydrogen-bond donors (Lipinski definition) is 1. The summed E-state index contributed by atoms with van der Waals surface area (Å²) in [6, 6.07) is 5.13. The van der Waals surface area contributed by atoms with Gasteiger partial charge in [0.05, 0.1) is 12.7 Å². The van der Waals surface area contributed by atoms with E-state index in [1.807, 2.05) is 6.92 Å². The van der Waals surface area contributed by atoms with Crippen LogP contribution in [0.1, 0.15) is 31.1 Å². The Morgan fingerprint density at radius 3 is 3.06 bits per heavy atom. The molecule has 0 fully saturated rings. The minimum Gasteiger partial charge on any atom is -0.508 e. The van der Waals surface area contributed by atoms with Crippen LogP contribution in [-0.2, 0) is 20.7 Å². The quantitative estimate of drug-likeness (QED) is 0.797. The normalized spacial score (nSPS) is 22.9. The molecule has 1 aromatic rings. The van der Waals surface area contributed by atoms with Crippen molar-refractivity contribution in [2.75, 3.05) is 6.61 Å². The summed E-state index contributed by atoms with van der Waals surface area (Å²) in [5.41, 5.74) is 1.49. The third kappa shape index (κ3) is 2.26. The molecule has 0 spiro atoms. The molecule has 2 rings (SSSR count). The van der Waals surface area contributed by atoms with E-state index in [4.69, 9.17) is 9.47 Å². The zero-order valence-electron chi connectivity index (χ0n) is 9.97. The number of hydrogen-bond acceptors (Lipinski definition) is 4. The summed E-state index contributed by atoms with van der Waals surface area (Å²) in [4.78, 5) is 11.8. The number of ether oxygens (including phenoxy) is 2. The number of rotatable bonds is 2. The lowest BCUT2D eigenvalue weighted by molar-refractivity contribution is -0.162. The van der Waals surface area contributed by atoms with Crippen molar-refractivity contribution in [3.8, 4) is 5.75 Å². The Balaban J connectivity index is 2.37. The van der Waals surface area contributed by atoms with Crippen LogP contribution in [0.4, 0.5) is 0 Å². The number of phenolic OH excluding ortho intramolecular Hbond substituents is 1. The molecule has 0 aliphatic carbocycles. The van der Waals surface area contributed by atoms with Crippen molar-refractivity contribution in [1.29, 1.82) is 0 Å². The minimum atomic E-state index is -0.721. The standard InChI is InChI=1S/C13H16O4/c1-3-16-13(15)12-9-5-4-6-11(14)10(9)7-8(2)17-12/h4-6,8,12,14H,3,7H2,1-2H3/t8-,12?/m1/s1. The van der Waals surface area contributed by atoms with Gasteiger partial charge in [0, 0.05) is 12.0 Å². The Hall–Kier alpha value is -1.55. The van der Waals surface area contributed by atoms with Crippen molar-refractivity contribution >= 4 is 5.97 Å². The molecule has 1 heterocycles. The van der Waals surface area contributed by atoms with Gasteiger partial charge < -0.3 is 14.6 Å². The van der Waals surface area contributed by atoms with Gasteiger partial charge in [0.1, 0.15) is 5.75 Å². The maximum Gasteiger partial charge on any atom is 0.339 e. The number of carbonyl (C=O) groups is 1. The molecule has 0 bridgehead atoms. The maximum absolute atomic E-state index is 11.8. The van der Waals surface area contributed by atoms with Crippen molar-refractivity contribution in [2.24, 2.45) is 0 Å². The predicted octanol–water partition coefficient (Wildman–Crippen LogP) is 1.96. The summed E-state index contributed by atoms with van der Waals surface area (Å²) in [7, 11) is 0. The van der Waals surface area contributed by atoms with E-state index in [9.17, 15) is 9.90 Å². The molecule has 1 aromatic carbocycles. The summed E-state index contributed by atoms with van der Waals surface area (Å²) in [6.07, 6.45) is -0.219. The van der Waals surface area contributed by atoms with E-state index in [0.717, 1.165) is 5.56 Å². The Kier molecular flexibility index (Phi) is 3.33. The summed E-state index contributed by atoms with van der Waals surface area (Å²) >= 11 is 0. The predicted molar refractivity (Wildman–Crippen MR) is 61.7 cm³/mol. The highest BCUT2D eigenvalue weighted by molar-refractivity contribution is 5.77. The molecule has 1 unspecified atom stereocenters. The van der Waals surface area contributed by atoms with Gasteiger partial charge in [-0.1, -0.05) is 12.1 Å². The Morgan fingerprint density at radius 2 is 2.35 bits per heavy atom. The van der Waals surface area contributed by atoms with Crippen molar-refractivity contribution in [2.45, 2.75) is 32.5 Å². The maximum atomic E-state index is 11.8. The van der Waals surface area contributed by atoms with Crippen LogP contribution in [0.25, 0.3) is 0 Å². The molecular formula is C13H16O4. The second-order valence-electron chi connectivity index (χ2n) is 4.13. The first-order chi connectivity index (χ1) is 8.13. The van der Waals surface area contributed by atoms with Crippen molar-refractivity contribution < 1.29 is 19.4 Å². The zero-order chi connectivity index (χ0) is 12.4. The van der Waals surface area contributed by atoms with Crippen LogP contribution in [0.15, 0.2) is 18.2 Å². The van der Waals surface area contributed by atoms with Crippen LogP contribution < -0.4 is 0 Å². The average Bonchev–Trinajstić information content (AvgIpc) is 2.30. The topological polar surface area (TPSA) is 55.8 Å². The first-order valence-corrected chi connectivity index (χ1v) is 5.76. The highest BCUT2D eigenvalue weighted by Crippen LogP contribution is 2.35. The molecule has 0 amide bonds. The molecule has 0 saturated carbocycles. The number of carbonyl (C=O) groups excluding carboxylic acids is 1. The molecule has 4 nitrogen and oxygen atoms in total. The van der Waals surface area contributed by atoms with Gasteiger partial charge in [-0.25, -0.2) is 4.79 Å². The summed E-state index contributed by atoms with van der Waals surface area (Å²) < 4.78 is 10.6. The average molecular weight is 236 g/mol.